The third-order valence-corrected chi connectivity index (χ3v) is 4.19. The van der Waals surface area contributed by atoms with Crippen molar-refractivity contribution in [3.05, 3.63) is 53.1 Å². The van der Waals surface area contributed by atoms with Crippen LogP contribution in [0, 0.1) is 0 Å². The van der Waals surface area contributed by atoms with Crippen LogP contribution in [-0.4, -0.2) is 29.1 Å². The summed E-state index contributed by atoms with van der Waals surface area (Å²) < 4.78 is 11.1. The van der Waals surface area contributed by atoms with Gasteiger partial charge < -0.3 is 14.6 Å². The van der Waals surface area contributed by atoms with Crippen molar-refractivity contribution in [1.82, 2.24) is 0 Å². The van der Waals surface area contributed by atoms with Crippen LogP contribution in [0.3, 0.4) is 0 Å². The number of phenols is 1. The number of benzene rings is 2. The Hall–Kier alpha value is -1.78. The maximum absolute atomic E-state index is 10.00. The predicted molar refractivity (Wildman–Crippen MR) is 82.6 cm³/mol. The molecule has 0 amide bonds. The van der Waals surface area contributed by atoms with Crippen LogP contribution in [0.2, 0.25) is 0 Å². The van der Waals surface area contributed by atoms with Crippen LogP contribution in [0.4, 0.5) is 0 Å². The summed E-state index contributed by atoms with van der Waals surface area (Å²) in [5, 5.41) is 11.1. The zero-order chi connectivity index (χ0) is 14.8. The van der Waals surface area contributed by atoms with Gasteiger partial charge in [0.05, 0.1) is 30.1 Å². The van der Waals surface area contributed by atoms with E-state index in [4.69, 9.17) is 9.47 Å². The Morgan fingerprint density at radius 2 is 2.05 bits per heavy atom. The van der Waals surface area contributed by atoms with Crippen LogP contribution in [0.1, 0.15) is 22.8 Å². The van der Waals surface area contributed by atoms with E-state index in [1.165, 1.54) is 11.1 Å². The highest BCUT2D eigenvalue weighted by atomic mass is 28.1. The molecular weight excluding hydrogens is 280 g/mol. The number of phenolic OH excluding ortho intramolecular Hbond substituents is 1. The number of hydrogen-bond donors (Lipinski definition) is 1. The largest absolute Gasteiger partial charge is 0.504 e. The van der Waals surface area contributed by atoms with E-state index in [0.717, 1.165) is 23.6 Å². The van der Waals surface area contributed by atoms with Crippen LogP contribution < -0.4 is 9.92 Å². The van der Waals surface area contributed by atoms with Gasteiger partial charge in [-0.05, 0) is 35.2 Å². The van der Waals surface area contributed by atoms with Crippen LogP contribution in [0.5, 0.6) is 11.5 Å². The molecule has 1 aliphatic heterocycles. The van der Waals surface area contributed by atoms with Crippen molar-refractivity contribution < 1.29 is 14.6 Å². The van der Waals surface area contributed by atoms with Crippen molar-refractivity contribution in [2.24, 2.45) is 0 Å². The SMILES string of the molecule is COc1cc2c(cc1O)C(Cc1ccc([Si])cc1)OCC2. The molecule has 1 atom stereocenters. The third-order valence-electron chi connectivity index (χ3n) is 3.85. The number of methoxy groups -OCH3 is 1. The van der Waals surface area contributed by atoms with E-state index in [1.807, 2.05) is 18.2 Å². The molecule has 1 aliphatic rings. The highest BCUT2D eigenvalue weighted by Crippen LogP contribution is 2.37. The lowest BCUT2D eigenvalue weighted by atomic mass is 9.93. The second-order valence-corrected chi connectivity index (χ2v) is 5.81. The summed E-state index contributed by atoms with van der Waals surface area (Å²) in [6.45, 7) is 0.696. The van der Waals surface area contributed by atoms with Gasteiger partial charge in [0.2, 0.25) is 0 Å². The van der Waals surface area contributed by atoms with Crippen molar-refractivity contribution in [1.29, 1.82) is 0 Å². The Labute approximate surface area is 127 Å². The maximum atomic E-state index is 10.00. The zero-order valence-corrected chi connectivity index (χ0v) is 12.9. The van der Waals surface area contributed by atoms with E-state index < -0.39 is 0 Å². The van der Waals surface area contributed by atoms with Crippen molar-refractivity contribution >= 4 is 15.4 Å². The standard InChI is InChI=1S/C17H17O3Si/c1-19-17-9-12-6-7-20-16(14(12)10-15(17)18)8-11-2-4-13(21)5-3-11/h2-5,9-10,16,18H,6-8H2,1H3. The fraction of sp³-hybridized carbons (Fsp3) is 0.294. The fourth-order valence-corrected chi connectivity index (χ4v) is 2.90. The minimum atomic E-state index is -0.0221. The van der Waals surface area contributed by atoms with Crippen LogP contribution in [0.25, 0.3) is 0 Å². The minimum absolute atomic E-state index is 0.0221. The monoisotopic (exact) mass is 297 g/mol. The molecule has 0 aromatic heterocycles. The maximum Gasteiger partial charge on any atom is 0.160 e. The van der Waals surface area contributed by atoms with Gasteiger partial charge in [-0.15, -0.1) is 0 Å². The first-order chi connectivity index (χ1) is 10.2. The normalized spacial score (nSPS) is 17.3. The Bertz CT molecular complexity index is 637. The first-order valence-electron chi connectivity index (χ1n) is 6.99. The molecule has 0 aliphatic carbocycles. The zero-order valence-electron chi connectivity index (χ0n) is 11.9. The molecule has 1 unspecified atom stereocenters. The van der Waals surface area contributed by atoms with Gasteiger partial charge in [-0.1, -0.05) is 29.5 Å². The molecule has 0 spiro atoms. The highest BCUT2D eigenvalue weighted by Gasteiger charge is 2.23. The molecular formula is C17H17O3Si. The van der Waals surface area contributed by atoms with Gasteiger partial charge >= 0.3 is 0 Å². The molecule has 2 aromatic rings. The second-order valence-electron chi connectivity index (χ2n) is 5.23. The van der Waals surface area contributed by atoms with Gasteiger partial charge in [0.15, 0.2) is 11.5 Å². The van der Waals surface area contributed by atoms with Crippen LogP contribution in [-0.2, 0) is 17.6 Å². The van der Waals surface area contributed by atoms with Gasteiger partial charge in [0.25, 0.3) is 0 Å². The first kappa shape index (κ1) is 14.2. The van der Waals surface area contributed by atoms with Crippen molar-refractivity contribution in [2.75, 3.05) is 13.7 Å². The third kappa shape index (κ3) is 2.96. The van der Waals surface area contributed by atoms with E-state index in [9.17, 15) is 5.11 Å². The van der Waals surface area contributed by atoms with Gasteiger partial charge in [-0.3, -0.25) is 0 Å². The average molecular weight is 297 g/mol. The van der Waals surface area contributed by atoms with E-state index in [1.54, 1.807) is 13.2 Å². The molecule has 0 saturated heterocycles. The summed E-state index contributed by atoms with van der Waals surface area (Å²) in [5.41, 5.74) is 3.46. The van der Waals surface area contributed by atoms with E-state index >= 15 is 0 Å². The van der Waals surface area contributed by atoms with Crippen LogP contribution in [0.15, 0.2) is 36.4 Å². The Kier molecular flexibility index (Phi) is 3.99. The van der Waals surface area contributed by atoms with Gasteiger partial charge in [-0.25, -0.2) is 0 Å². The Morgan fingerprint density at radius 3 is 2.76 bits per heavy atom. The highest BCUT2D eigenvalue weighted by molar-refractivity contribution is 6.32. The summed E-state index contributed by atoms with van der Waals surface area (Å²) in [6, 6.07) is 11.9. The minimum Gasteiger partial charge on any atom is -0.504 e. The first-order valence-corrected chi connectivity index (χ1v) is 7.49. The lowest BCUT2D eigenvalue weighted by Crippen LogP contribution is -2.18. The number of hydrogen-bond acceptors (Lipinski definition) is 3. The van der Waals surface area contributed by atoms with Crippen LogP contribution >= 0.6 is 0 Å². The smallest absolute Gasteiger partial charge is 0.160 e. The Balaban J connectivity index is 1.89. The van der Waals surface area contributed by atoms with Crippen molar-refractivity contribution in [2.45, 2.75) is 18.9 Å². The van der Waals surface area contributed by atoms with E-state index in [2.05, 4.69) is 22.4 Å². The summed E-state index contributed by atoms with van der Waals surface area (Å²) >= 11 is 0. The summed E-state index contributed by atoms with van der Waals surface area (Å²) in [7, 11) is 5.06. The fourth-order valence-electron chi connectivity index (χ4n) is 2.73. The summed E-state index contributed by atoms with van der Waals surface area (Å²) in [6.07, 6.45) is 1.62. The molecule has 0 bridgehead atoms. The molecule has 3 radical (unpaired) electrons. The molecule has 3 nitrogen and oxygen atoms in total. The predicted octanol–water partition coefficient (Wildman–Crippen LogP) is 2.05. The molecule has 0 saturated carbocycles. The topological polar surface area (TPSA) is 38.7 Å². The summed E-state index contributed by atoms with van der Waals surface area (Å²) in [4.78, 5) is 0. The van der Waals surface area contributed by atoms with Crippen molar-refractivity contribution in [3.63, 3.8) is 0 Å². The molecule has 107 valence electrons. The van der Waals surface area contributed by atoms with Gasteiger partial charge in [0, 0.05) is 6.42 Å². The number of aromatic hydroxyl groups is 1. The molecule has 1 N–H and O–H groups in total. The van der Waals surface area contributed by atoms with Crippen molar-refractivity contribution in [3.8, 4) is 11.5 Å². The molecule has 4 heteroatoms. The van der Waals surface area contributed by atoms with Gasteiger partial charge in [-0.2, -0.15) is 0 Å². The number of rotatable bonds is 3. The molecule has 2 aromatic carbocycles. The summed E-state index contributed by atoms with van der Waals surface area (Å²) in [5.74, 6) is 0.694. The lowest BCUT2D eigenvalue weighted by molar-refractivity contribution is 0.0424. The lowest BCUT2D eigenvalue weighted by Gasteiger charge is -2.27. The average Bonchev–Trinajstić information content (AvgIpc) is 2.49. The Morgan fingerprint density at radius 1 is 1.29 bits per heavy atom. The molecule has 21 heavy (non-hydrogen) atoms. The molecule has 3 rings (SSSR count). The van der Waals surface area contributed by atoms with Gasteiger partial charge in [0.1, 0.15) is 0 Å². The van der Waals surface area contributed by atoms with E-state index in [-0.39, 0.29) is 11.9 Å². The quantitative estimate of drug-likeness (QED) is 0.881. The molecule has 1 heterocycles. The van der Waals surface area contributed by atoms with E-state index in [0.29, 0.717) is 12.4 Å². The number of ether oxygens (including phenoxy) is 2. The molecule has 0 fully saturated rings. The second kappa shape index (κ2) is 5.91. The number of fused-ring (bicyclic) bond motifs is 1.